The maximum absolute atomic E-state index is 13.1. The number of anilines is 1. The predicted molar refractivity (Wildman–Crippen MR) is 101 cm³/mol. The van der Waals surface area contributed by atoms with Gasteiger partial charge in [-0.15, -0.1) is 0 Å². The summed E-state index contributed by atoms with van der Waals surface area (Å²) in [5, 5.41) is 39.5. The molecule has 8 nitrogen and oxygen atoms in total. The number of benzene rings is 2. The summed E-state index contributed by atoms with van der Waals surface area (Å²) in [4.78, 5) is 27.7. The van der Waals surface area contributed by atoms with Crippen LogP contribution in [0.2, 0.25) is 0 Å². The first-order valence-electron chi connectivity index (χ1n) is 8.69. The molecule has 148 valence electrons. The minimum Gasteiger partial charge on any atom is -0.507 e. The lowest BCUT2D eigenvalue weighted by Crippen LogP contribution is -2.31. The van der Waals surface area contributed by atoms with E-state index in [1.54, 1.807) is 11.8 Å². The van der Waals surface area contributed by atoms with Gasteiger partial charge >= 0.3 is 0 Å². The quantitative estimate of drug-likeness (QED) is 0.493. The highest BCUT2D eigenvalue weighted by Gasteiger charge is 2.36. The molecule has 1 aliphatic rings. The molecule has 0 heterocycles. The van der Waals surface area contributed by atoms with Crippen molar-refractivity contribution in [1.29, 1.82) is 0 Å². The molecular formula is C20H21NO7. The Hall–Kier alpha value is -3.10. The van der Waals surface area contributed by atoms with Gasteiger partial charge in [0.15, 0.2) is 5.78 Å². The summed E-state index contributed by atoms with van der Waals surface area (Å²) in [6.45, 7) is 1.53. The fourth-order valence-corrected chi connectivity index (χ4v) is 3.49. The Labute approximate surface area is 161 Å². The summed E-state index contributed by atoms with van der Waals surface area (Å²) in [7, 11) is 1.37. The van der Waals surface area contributed by atoms with Gasteiger partial charge in [0.05, 0.1) is 31.5 Å². The third-order valence-electron chi connectivity index (χ3n) is 4.88. The Morgan fingerprint density at radius 2 is 1.54 bits per heavy atom. The monoisotopic (exact) mass is 387 g/mol. The maximum Gasteiger partial charge on any atom is 0.201 e. The van der Waals surface area contributed by atoms with Crippen LogP contribution in [0, 0.1) is 6.92 Å². The number of carbonyl (C=O) groups is 2. The molecule has 0 amide bonds. The van der Waals surface area contributed by atoms with Crippen LogP contribution >= 0.6 is 0 Å². The normalized spacial score (nSPS) is 12.6. The number of hydrogen-bond acceptors (Lipinski definition) is 8. The molecule has 2 aromatic carbocycles. The Morgan fingerprint density at radius 3 is 2.11 bits per heavy atom. The Morgan fingerprint density at radius 1 is 0.929 bits per heavy atom. The number of fused-ring (bicyclic) bond motifs is 2. The van der Waals surface area contributed by atoms with Crippen LogP contribution in [0.1, 0.15) is 37.4 Å². The Kier molecular flexibility index (Phi) is 5.26. The van der Waals surface area contributed by atoms with E-state index in [4.69, 9.17) is 4.74 Å². The molecule has 4 N–H and O–H groups in total. The molecule has 2 aromatic rings. The van der Waals surface area contributed by atoms with Gasteiger partial charge in [-0.1, -0.05) is 0 Å². The smallest absolute Gasteiger partial charge is 0.201 e. The maximum atomic E-state index is 13.1. The fraction of sp³-hybridized carbons (Fsp3) is 0.300. The number of aliphatic hydroxyl groups is 2. The van der Waals surface area contributed by atoms with Crippen molar-refractivity contribution in [1.82, 2.24) is 0 Å². The van der Waals surface area contributed by atoms with Gasteiger partial charge in [-0.05, 0) is 19.1 Å². The summed E-state index contributed by atoms with van der Waals surface area (Å²) < 4.78 is 5.06. The first-order chi connectivity index (χ1) is 13.3. The van der Waals surface area contributed by atoms with Crippen molar-refractivity contribution >= 4 is 17.3 Å². The summed E-state index contributed by atoms with van der Waals surface area (Å²) in [6.07, 6.45) is 0. The number of aromatic hydroxyl groups is 2. The molecule has 28 heavy (non-hydrogen) atoms. The van der Waals surface area contributed by atoms with Crippen molar-refractivity contribution in [3.63, 3.8) is 0 Å². The van der Waals surface area contributed by atoms with Gasteiger partial charge < -0.3 is 30.1 Å². The van der Waals surface area contributed by atoms with Crippen LogP contribution < -0.4 is 9.64 Å². The minimum absolute atomic E-state index is 0.0101. The molecule has 0 fully saturated rings. The first kappa shape index (κ1) is 19.7. The number of hydrogen-bond donors (Lipinski definition) is 4. The van der Waals surface area contributed by atoms with Crippen LogP contribution in [-0.2, 0) is 0 Å². The molecule has 0 atom stereocenters. The number of methoxy groups -OCH3 is 1. The van der Waals surface area contributed by atoms with E-state index in [2.05, 4.69) is 0 Å². The molecule has 0 saturated carbocycles. The fourth-order valence-electron chi connectivity index (χ4n) is 3.49. The van der Waals surface area contributed by atoms with Crippen LogP contribution in [0.25, 0.3) is 0 Å². The number of phenols is 2. The standard InChI is InChI=1S/C20H21NO7/c1-10-14(21(3-5-22)4-6-23)9-13-17(18(10)25)20(27)16-12(19(13)26)7-11(28-2)8-15(16)24/h7-9,22-25H,3-6H2,1-2H3. The average Bonchev–Trinajstić information content (AvgIpc) is 2.67. The summed E-state index contributed by atoms with van der Waals surface area (Å²) in [5.41, 5.74) is 0.383. The molecule has 0 bridgehead atoms. The number of ether oxygens (including phenoxy) is 1. The average molecular weight is 387 g/mol. The van der Waals surface area contributed by atoms with Gasteiger partial charge in [-0.25, -0.2) is 0 Å². The van der Waals surface area contributed by atoms with E-state index in [0.717, 1.165) is 0 Å². The third-order valence-corrected chi connectivity index (χ3v) is 4.88. The lowest BCUT2D eigenvalue weighted by Gasteiger charge is -2.28. The summed E-state index contributed by atoms with van der Waals surface area (Å²) in [6, 6.07) is 4.07. The molecule has 0 aromatic heterocycles. The largest absolute Gasteiger partial charge is 0.507 e. The van der Waals surface area contributed by atoms with Gasteiger partial charge in [0.2, 0.25) is 5.78 Å². The molecule has 0 saturated heterocycles. The van der Waals surface area contributed by atoms with E-state index >= 15 is 0 Å². The van der Waals surface area contributed by atoms with Crippen molar-refractivity contribution in [3.8, 4) is 17.2 Å². The van der Waals surface area contributed by atoms with Gasteiger partial charge in [0, 0.05) is 41.5 Å². The lowest BCUT2D eigenvalue weighted by atomic mass is 9.81. The molecule has 0 radical (unpaired) electrons. The lowest BCUT2D eigenvalue weighted by molar-refractivity contribution is 0.0974. The van der Waals surface area contributed by atoms with Crippen LogP contribution in [0.4, 0.5) is 5.69 Å². The number of rotatable bonds is 6. The second-order valence-corrected chi connectivity index (χ2v) is 6.45. The van der Waals surface area contributed by atoms with Crippen LogP contribution in [-0.4, -0.2) is 65.4 Å². The molecule has 1 aliphatic carbocycles. The van der Waals surface area contributed by atoms with Crippen LogP contribution in [0.15, 0.2) is 18.2 Å². The number of phenolic OH excluding ortho intramolecular Hbond substituents is 2. The number of carbonyl (C=O) groups excluding carboxylic acids is 2. The van der Waals surface area contributed by atoms with Crippen molar-refractivity contribution in [2.24, 2.45) is 0 Å². The SMILES string of the molecule is COc1cc(O)c2c(c1)C(=O)c1cc(N(CCO)CCO)c(C)c(O)c1C2=O. The van der Waals surface area contributed by atoms with E-state index in [9.17, 15) is 30.0 Å². The van der Waals surface area contributed by atoms with Crippen LogP contribution in [0.5, 0.6) is 17.2 Å². The molecule has 0 unspecified atom stereocenters. The Bertz CT molecular complexity index is 962. The summed E-state index contributed by atoms with van der Waals surface area (Å²) >= 11 is 0. The number of nitrogens with zero attached hydrogens (tertiary/aromatic N) is 1. The van der Waals surface area contributed by atoms with Crippen LogP contribution in [0.3, 0.4) is 0 Å². The van der Waals surface area contributed by atoms with E-state index < -0.39 is 17.3 Å². The highest BCUT2D eigenvalue weighted by atomic mass is 16.5. The van der Waals surface area contributed by atoms with Crippen molar-refractivity contribution in [2.45, 2.75) is 6.92 Å². The minimum atomic E-state index is -0.659. The highest BCUT2D eigenvalue weighted by molar-refractivity contribution is 6.30. The molecule has 0 spiro atoms. The topological polar surface area (TPSA) is 128 Å². The van der Waals surface area contributed by atoms with E-state index in [0.29, 0.717) is 11.3 Å². The van der Waals surface area contributed by atoms with Crippen molar-refractivity contribution < 1.29 is 34.8 Å². The zero-order valence-electron chi connectivity index (χ0n) is 15.5. The molecule has 0 aliphatic heterocycles. The molecule has 8 heteroatoms. The van der Waals surface area contributed by atoms with E-state index in [1.807, 2.05) is 0 Å². The van der Waals surface area contributed by atoms with Crippen molar-refractivity contribution in [2.75, 3.05) is 38.3 Å². The van der Waals surface area contributed by atoms with E-state index in [1.165, 1.54) is 25.3 Å². The number of ketones is 2. The van der Waals surface area contributed by atoms with E-state index in [-0.39, 0.29) is 60.1 Å². The molecule has 3 rings (SSSR count). The van der Waals surface area contributed by atoms with Gasteiger partial charge in [-0.2, -0.15) is 0 Å². The molecular weight excluding hydrogens is 366 g/mol. The van der Waals surface area contributed by atoms with Gasteiger partial charge in [0.1, 0.15) is 17.2 Å². The second kappa shape index (κ2) is 7.49. The zero-order valence-corrected chi connectivity index (χ0v) is 15.5. The first-order valence-corrected chi connectivity index (χ1v) is 8.69. The zero-order chi connectivity index (χ0) is 20.6. The van der Waals surface area contributed by atoms with Crippen molar-refractivity contribution in [3.05, 3.63) is 46.0 Å². The predicted octanol–water partition coefficient (Wildman–Crippen LogP) is 0.981. The second-order valence-electron chi connectivity index (χ2n) is 6.45. The Balaban J connectivity index is 2.25. The number of aliphatic hydroxyl groups excluding tert-OH is 2. The summed E-state index contributed by atoms with van der Waals surface area (Å²) in [5.74, 6) is -1.75. The van der Waals surface area contributed by atoms with Gasteiger partial charge in [-0.3, -0.25) is 9.59 Å². The third kappa shape index (κ3) is 2.96. The van der Waals surface area contributed by atoms with Gasteiger partial charge in [0.25, 0.3) is 0 Å². The highest BCUT2D eigenvalue weighted by Crippen LogP contribution is 2.42.